The monoisotopic (exact) mass is 289 g/mol. The molecule has 0 atom stereocenters. The molecule has 110 valence electrons. The number of nitrogens with zero attached hydrogens (tertiary/aromatic N) is 1. The zero-order valence-corrected chi connectivity index (χ0v) is 11.6. The van der Waals surface area contributed by atoms with Crippen LogP contribution in [-0.2, 0) is 0 Å². The van der Waals surface area contributed by atoms with Gasteiger partial charge in [0.2, 0.25) is 0 Å². The Balaban J connectivity index is 2.26. The van der Waals surface area contributed by atoms with E-state index >= 15 is 0 Å². The van der Waals surface area contributed by atoms with Crippen LogP contribution in [0.4, 0.5) is 22.7 Å². The van der Waals surface area contributed by atoms with Crippen molar-refractivity contribution in [2.45, 2.75) is 0 Å². The van der Waals surface area contributed by atoms with Crippen molar-refractivity contribution in [3.05, 3.63) is 46.5 Å². The van der Waals surface area contributed by atoms with Crippen molar-refractivity contribution in [2.75, 3.05) is 25.3 Å². The number of nitrogens with one attached hydrogen (secondary N) is 1. The molecule has 2 rings (SSSR count). The predicted octanol–water partition coefficient (Wildman–Crippen LogP) is 2.94. The van der Waals surface area contributed by atoms with E-state index in [-0.39, 0.29) is 11.4 Å². The van der Waals surface area contributed by atoms with Crippen LogP contribution in [-0.4, -0.2) is 19.1 Å². The third kappa shape index (κ3) is 3.14. The second-order valence-electron chi connectivity index (χ2n) is 4.23. The van der Waals surface area contributed by atoms with Gasteiger partial charge in [-0.25, -0.2) is 0 Å². The Hall–Kier alpha value is -2.96. The molecule has 0 aliphatic heterocycles. The first-order chi connectivity index (χ1) is 10.0. The van der Waals surface area contributed by atoms with Gasteiger partial charge in [0, 0.05) is 23.5 Å². The number of nitrogen functional groups attached to an aromatic ring is 1. The lowest BCUT2D eigenvalue weighted by Gasteiger charge is -2.11. The van der Waals surface area contributed by atoms with Gasteiger partial charge < -0.3 is 20.5 Å². The molecule has 2 aromatic rings. The van der Waals surface area contributed by atoms with Gasteiger partial charge in [-0.15, -0.1) is 0 Å². The molecule has 0 aromatic heterocycles. The molecule has 7 heteroatoms. The third-order valence-corrected chi connectivity index (χ3v) is 2.90. The molecule has 0 bridgehead atoms. The quantitative estimate of drug-likeness (QED) is 0.498. The molecule has 0 unspecified atom stereocenters. The Kier molecular flexibility index (Phi) is 4.13. The number of nitro benzene ring substituents is 1. The van der Waals surface area contributed by atoms with Crippen molar-refractivity contribution >= 4 is 22.7 Å². The van der Waals surface area contributed by atoms with E-state index in [0.717, 1.165) is 5.69 Å². The normalized spacial score (nSPS) is 10.0. The molecule has 3 N–H and O–H groups in total. The van der Waals surface area contributed by atoms with Crippen molar-refractivity contribution in [3.8, 4) is 11.5 Å². The summed E-state index contributed by atoms with van der Waals surface area (Å²) in [5.41, 5.74) is 7.03. The summed E-state index contributed by atoms with van der Waals surface area (Å²) >= 11 is 0. The minimum absolute atomic E-state index is 0.102. The highest BCUT2D eigenvalue weighted by Gasteiger charge is 2.11. The zero-order valence-electron chi connectivity index (χ0n) is 11.6. The van der Waals surface area contributed by atoms with Crippen molar-refractivity contribution < 1.29 is 14.4 Å². The summed E-state index contributed by atoms with van der Waals surface area (Å²) in [5, 5.41) is 13.8. The van der Waals surface area contributed by atoms with Gasteiger partial charge in [0.15, 0.2) is 11.5 Å². The molecule has 0 heterocycles. The van der Waals surface area contributed by atoms with Crippen LogP contribution < -0.4 is 20.5 Å². The van der Waals surface area contributed by atoms with Crippen LogP contribution in [0.3, 0.4) is 0 Å². The zero-order chi connectivity index (χ0) is 15.4. The second kappa shape index (κ2) is 6.00. The minimum Gasteiger partial charge on any atom is -0.493 e. The van der Waals surface area contributed by atoms with Crippen LogP contribution >= 0.6 is 0 Å². The summed E-state index contributed by atoms with van der Waals surface area (Å²) < 4.78 is 10.4. The van der Waals surface area contributed by atoms with Gasteiger partial charge in [-0.3, -0.25) is 10.1 Å². The highest BCUT2D eigenvalue weighted by molar-refractivity contribution is 5.70. The Morgan fingerprint density at radius 3 is 2.24 bits per heavy atom. The number of nitro groups is 1. The van der Waals surface area contributed by atoms with E-state index in [1.54, 1.807) is 38.5 Å². The largest absolute Gasteiger partial charge is 0.493 e. The Labute approximate surface area is 121 Å². The molecule has 21 heavy (non-hydrogen) atoms. The van der Waals surface area contributed by atoms with E-state index in [1.165, 1.54) is 12.1 Å². The van der Waals surface area contributed by atoms with Crippen molar-refractivity contribution in [1.82, 2.24) is 0 Å². The Morgan fingerprint density at radius 2 is 1.67 bits per heavy atom. The fourth-order valence-electron chi connectivity index (χ4n) is 1.88. The molecule has 0 aliphatic rings. The highest BCUT2D eigenvalue weighted by atomic mass is 16.6. The summed E-state index contributed by atoms with van der Waals surface area (Å²) in [6, 6.07) is 9.78. The van der Waals surface area contributed by atoms with Crippen LogP contribution in [0.2, 0.25) is 0 Å². The molecule has 7 nitrogen and oxygen atoms in total. The van der Waals surface area contributed by atoms with E-state index in [1.807, 2.05) is 0 Å². The van der Waals surface area contributed by atoms with E-state index in [9.17, 15) is 10.1 Å². The number of rotatable bonds is 5. The second-order valence-corrected chi connectivity index (χ2v) is 4.23. The van der Waals surface area contributed by atoms with Crippen molar-refractivity contribution in [2.24, 2.45) is 0 Å². The Morgan fingerprint density at radius 1 is 1.05 bits per heavy atom. The average molecular weight is 289 g/mol. The van der Waals surface area contributed by atoms with Gasteiger partial charge in [-0.1, -0.05) is 0 Å². The number of nitrogens with two attached hydrogens (primary N) is 1. The number of anilines is 3. The summed E-state index contributed by atoms with van der Waals surface area (Å²) in [5.74, 6) is 1.20. The standard InChI is InChI=1S/C14H15N3O4/c1-20-13-6-4-10(8-14(13)21-2)16-9-3-5-12(17(18)19)11(15)7-9/h3-8,16H,15H2,1-2H3. The molecular weight excluding hydrogens is 274 g/mol. The number of ether oxygens (including phenoxy) is 2. The predicted molar refractivity (Wildman–Crippen MR) is 80.3 cm³/mol. The van der Waals surface area contributed by atoms with Gasteiger partial charge in [0.05, 0.1) is 19.1 Å². The van der Waals surface area contributed by atoms with E-state index < -0.39 is 4.92 Å². The maximum Gasteiger partial charge on any atom is 0.292 e. The highest BCUT2D eigenvalue weighted by Crippen LogP contribution is 2.32. The fraction of sp³-hybridized carbons (Fsp3) is 0.143. The molecule has 0 saturated carbocycles. The maximum atomic E-state index is 10.7. The first-order valence-corrected chi connectivity index (χ1v) is 6.08. The third-order valence-electron chi connectivity index (χ3n) is 2.90. The first kappa shape index (κ1) is 14.4. The summed E-state index contributed by atoms with van der Waals surface area (Å²) in [6.45, 7) is 0. The van der Waals surface area contributed by atoms with E-state index in [2.05, 4.69) is 5.32 Å². The smallest absolute Gasteiger partial charge is 0.292 e. The summed E-state index contributed by atoms with van der Waals surface area (Å²) in [7, 11) is 3.10. The lowest BCUT2D eigenvalue weighted by molar-refractivity contribution is -0.383. The molecule has 0 saturated heterocycles. The molecule has 0 aliphatic carbocycles. The van der Waals surface area contributed by atoms with Gasteiger partial charge >= 0.3 is 0 Å². The van der Waals surface area contributed by atoms with Crippen LogP contribution in [0.25, 0.3) is 0 Å². The summed E-state index contributed by atoms with van der Waals surface area (Å²) in [6.07, 6.45) is 0. The molecule has 2 aromatic carbocycles. The molecule has 0 fully saturated rings. The summed E-state index contributed by atoms with van der Waals surface area (Å²) in [4.78, 5) is 10.2. The van der Waals surface area contributed by atoms with Crippen molar-refractivity contribution in [1.29, 1.82) is 0 Å². The van der Waals surface area contributed by atoms with Crippen molar-refractivity contribution in [3.63, 3.8) is 0 Å². The molecule has 0 amide bonds. The molecule has 0 radical (unpaired) electrons. The number of benzene rings is 2. The topological polar surface area (TPSA) is 99.6 Å². The molecule has 0 spiro atoms. The lowest BCUT2D eigenvalue weighted by atomic mass is 10.2. The van der Waals surface area contributed by atoms with Crippen LogP contribution in [0.15, 0.2) is 36.4 Å². The average Bonchev–Trinajstić information content (AvgIpc) is 2.46. The Bertz CT molecular complexity index is 673. The molecular formula is C14H15N3O4. The number of hydrogen-bond donors (Lipinski definition) is 2. The maximum absolute atomic E-state index is 10.7. The van der Waals surface area contributed by atoms with E-state index in [4.69, 9.17) is 15.2 Å². The van der Waals surface area contributed by atoms with Crippen LogP contribution in [0.5, 0.6) is 11.5 Å². The minimum atomic E-state index is -0.518. The van der Waals surface area contributed by atoms with Gasteiger partial charge in [-0.05, 0) is 24.3 Å². The fourth-order valence-corrected chi connectivity index (χ4v) is 1.88. The lowest BCUT2D eigenvalue weighted by Crippen LogP contribution is -1.98. The van der Waals surface area contributed by atoms with Crippen LogP contribution in [0.1, 0.15) is 0 Å². The van der Waals surface area contributed by atoms with Crippen LogP contribution in [0, 0.1) is 10.1 Å². The van der Waals surface area contributed by atoms with Gasteiger partial charge in [0.1, 0.15) is 5.69 Å². The first-order valence-electron chi connectivity index (χ1n) is 6.08. The van der Waals surface area contributed by atoms with Gasteiger partial charge in [-0.2, -0.15) is 0 Å². The SMILES string of the molecule is COc1ccc(Nc2ccc([N+](=O)[O-])c(N)c2)cc1OC. The number of hydrogen-bond acceptors (Lipinski definition) is 6. The van der Waals surface area contributed by atoms with E-state index in [0.29, 0.717) is 17.2 Å². The number of methoxy groups -OCH3 is 2. The van der Waals surface area contributed by atoms with Gasteiger partial charge in [0.25, 0.3) is 5.69 Å².